The first-order valence-corrected chi connectivity index (χ1v) is 9.40. The molecule has 4 rings (SSSR count). The number of rotatable bonds is 5. The summed E-state index contributed by atoms with van der Waals surface area (Å²) in [6, 6.07) is 3.47. The van der Waals surface area contributed by atoms with E-state index in [0.717, 1.165) is 31.6 Å². The van der Waals surface area contributed by atoms with Gasteiger partial charge < -0.3 is 19.4 Å². The largest absolute Gasteiger partial charge is 0.480 e. The molecule has 0 unspecified atom stereocenters. The van der Waals surface area contributed by atoms with Gasteiger partial charge in [0.1, 0.15) is 11.6 Å². The van der Waals surface area contributed by atoms with Gasteiger partial charge >= 0.3 is 6.01 Å². The first kappa shape index (κ1) is 17.8. The van der Waals surface area contributed by atoms with E-state index in [4.69, 9.17) is 9.15 Å². The van der Waals surface area contributed by atoms with Crippen molar-refractivity contribution in [2.45, 2.75) is 45.6 Å². The maximum absolute atomic E-state index is 12.7. The van der Waals surface area contributed by atoms with Crippen molar-refractivity contribution in [3.8, 4) is 17.3 Å². The van der Waals surface area contributed by atoms with Crippen LogP contribution in [0.2, 0.25) is 0 Å². The molecule has 1 aliphatic heterocycles. The van der Waals surface area contributed by atoms with E-state index in [1.165, 1.54) is 12.8 Å². The number of piperidine rings is 1. The summed E-state index contributed by atoms with van der Waals surface area (Å²) in [5.41, 5.74) is 2.01. The number of nitrogens with one attached hydrogen (secondary N) is 1. The Morgan fingerprint density at radius 1 is 1.26 bits per heavy atom. The van der Waals surface area contributed by atoms with E-state index in [9.17, 15) is 4.79 Å². The Bertz CT molecular complexity index is 836. The molecule has 8 nitrogen and oxygen atoms in total. The molecule has 144 valence electrons. The van der Waals surface area contributed by atoms with Crippen molar-refractivity contribution in [1.29, 1.82) is 0 Å². The minimum atomic E-state index is -0.426. The highest BCUT2D eigenvalue weighted by Crippen LogP contribution is 2.53. The number of anilines is 1. The highest BCUT2D eigenvalue weighted by atomic mass is 16.5. The second kappa shape index (κ2) is 6.83. The van der Waals surface area contributed by atoms with Crippen molar-refractivity contribution in [3.05, 3.63) is 17.8 Å². The van der Waals surface area contributed by atoms with Gasteiger partial charge in [-0.3, -0.25) is 4.79 Å². The molecule has 27 heavy (non-hydrogen) atoms. The maximum atomic E-state index is 12.7. The van der Waals surface area contributed by atoms with Gasteiger partial charge in [-0.05, 0) is 57.1 Å². The molecule has 1 atom stereocenters. The first-order valence-electron chi connectivity index (χ1n) is 9.40. The number of nitrogens with zero attached hydrogens (tertiary/aromatic N) is 4. The normalized spacial score (nSPS) is 19.0. The van der Waals surface area contributed by atoms with Gasteiger partial charge in [0.25, 0.3) is 5.89 Å². The van der Waals surface area contributed by atoms with Crippen molar-refractivity contribution in [3.63, 3.8) is 0 Å². The molecule has 2 aliphatic rings. The molecule has 2 fully saturated rings. The van der Waals surface area contributed by atoms with Gasteiger partial charge in [-0.2, -0.15) is 0 Å². The van der Waals surface area contributed by atoms with Gasteiger partial charge in [-0.1, -0.05) is 5.10 Å². The number of methoxy groups -OCH3 is 1. The number of hydrogen-bond donors (Lipinski definition) is 1. The van der Waals surface area contributed by atoms with E-state index in [1.807, 2.05) is 30.9 Å². The summed E-state index contributed by atoms with van der Waals surface area (Å²) < 4.78 is 11.0. The van der Waals surface area contributed by atoms with Crippen LogP contribution < -0.4 is 10.1 Å². The first-order chi connectivity index (χ1) is 13.0. The Kier molecular flexibility index (Phi) is 4.49. The number of likely N-dealkylation sites (tertiary alicyclic amines) is 1. The maximum Gasteiger partial charge on any atom is 0.316 e. The standard InChI is InChI=1S/C19H25N5O3/c1-12-4-5-14(15(20-12)26-3)16-22-23-18(27-16)21-13(2)17(25)24-10-8-19(6-7-19)9-11-24/h4-5,13H,6-11H2,1-3H3,(H,21,23)/t13-/m0/s1. The van der Waals surface area contributed by atoms with Gasteiger partial charge in [0.05, 0.1) is 7.11 Å². The van der Waals surface area contributed by atoms with E-state index >= 15 is 0 Å². The molecule has 0 radical (unpaired) electrons. The smallest absolute Gasteiger partial charge is 0.316 e. The Morgan fingerprint density at radius 3 is 2.67 bits per heavy atom. The molecule has 8 heteroatoms. The number of aryl methyl sites for hydroxylation is 1. The third-order valence-electron chi connectivity index (χ3n) is 5.65. The van der Waals surface area contributed by atoms with Crippen LogP contribution in [0.1, 0.15) is 38.3 Å². The Balaban J connectivity index is 1.41. The summed E-state index contributed by atoms with van der Waals surface area (Å²) in [6.07, 6.45) is 4.89. The van der Waals surface area contributed by atoms with Crippen LogP contribution in [0.4, 0.5) is 6.01 Å². The number of amides is 1. The molecule has 2 aromatic rings. The second-order valence-corrected chi connectivity index (χ2v) is 7.61. The van der Waals surface area contributed by atoms with Crippen molar-refractivity contribution < 1.29 is 13.9 Å². The summed E-state index contributed by atoms with van der Waals surface area (Å²) in [4.78, 5) is 18.9. The third-order valence-corrected chi connectivity index (χ3v) is 5.65. The lowest BCUT2D eigenvalue weighted by atomic mass is 9.93. The average Bonchev–Trinajstić information content (AvgIpc) is 3.26. The Hall–Kier alpha value is -2.64. The van der Waals surface area contributed by atoms with Gasteiger partial charge in [0.15, 0.2) is 0 Å². The zero-order chi connectivity index (χ0) is 19.0. The minimum absolute atomic E-state index is 0.0693. The third kappa shape index (κ3) is 3.61. The van der Waals surface area contributed by atoms with Gasteiger partial charge in [-0.15, -0.1) is 5.10 Å². The SMILES string of the molecule is COc1nc(C)ccc1-c1nnc(N[C@@H](C)C(=O)N2CCC3(CC2)CC3)o1. The fourth-order valence-corrected chi connectivity index (χ4v) is 3.64. The molecule has 0 aromatic carbocycles. The monoisotopic (exact) mass is 371 g/mol. The van der Waals surface area contributed by atoms with E-state index < -0.39 is 6.04 Å². The van der Waals surface area contributed by atoms with E-state index in [1.54, 1.807) is 7.11 Å². The molecule has 3 heterocycles. The zero-order valence-electron chi connectivity index (χ0n) is 16.0. The van der Waals surface area contributed by atoms with Crippen molar-refractivity contribution >= 4 is 11.9 Å². The minimum Gasteiger partial charge on any atom is -0.480 e. The lowest BCUT2D eigenvalue weighted by Crippen LogP contribution is -2.45. The number of carbonyl (C=O) groups is 1. The molecule has 1 saturated carbocycles. The molecular formula is C19H25N5O3. The Morgan fingerprint density at radius 2 is 2.00 bits per heavy atom. The Labute approximate surface area is 158 Å². The van der Waals surface area contributed by atoms with E-state index in [-0.39, 0.29) is 11.9 Å². The number of ether oxygens (including phenoxy) is 1. The number of hydrogen-bond acceptors (Lipinski definition) is 7. The summed E-state index contributed by atoms with van der Waals surface area (Å²) >= 11 is 0. The molecule has 2 aromatic heterocycles. The zero-order valence-corrected chi connectivity index (χ0v) is 16.0. The lowest BCUT2D eigenvalue weighted by molar-refractivity contribution is -0.133. The number of pyridine rings is 1. The summed E-state index contributed by atoms with van der Waals surface area (Å²) in [5, 5.41) is 11.1. The van der Waals surface area contributed by atoms with Crippen LogP contribution in [0.25, 0.3) is 11.5 Å². The van der Waals surface area contributed by atoms with Crippen molar-refractivity contribution in [1.82, 2.24) is 20.1 Å². The summed E-state index contributed by atoms with van der Waals surface area (Å²) in [6.45, 7) is 5.38. The van der Waals surface area contributed by atoms with Crippen LogP contribution in [0.15, 0.2) is 16.5 Å². The fraction of sp³-hybridized carbons (Fsp3) is 0.579. The summed E-state index contributed by atoms with van der Waals surface area (Å²) in [7, 11) is 1.55. The number of carbonyl (C=O) groups excluding carboxylic acids is 1. The van der Waals surface area contributed by atoms with Crippen LogP contribution in [-0.4, -0.2) is 52.2 Å². The van der Waals surface area contributed by atoms with Gasteiger partial charge in [0.2, 0.25) is 11.8 Å². The van der Waals surface area contributed by atoms with Crippen LogP contribution in [0.5, 0.6) is 5.88 Å². The molecule has 1 spiro atoms. The molecule has 0 bridgehead atoms. The quantitative estimate of drug-likeness (QED) is 0.863. The fourth-order valence-electron chi connectivity index (χ4n) is 3.64. The van der Waals surface area contributed by atoms with Crippen molar-refractivity contribution in [2.75, 3.05) is 25.5 Å². The topological polar surface area (TPSA) is 93.4 Å². The highest BCUT2D eigenvalue weighted by Gasteiger charge is 2.45. The molecule has 1 saturated heterocycles. The average molecular weight is 371 g/mol. The molecule has 1 amide bonds. The lowest BCUT2D eigenvalue weighted by Gasteiger charge is -2.33. The predicted molar refractivity (Wildman–Crippen MR) is 99.4 cm³/mol. The molecule has 1 N–H and O–H groups in total. The highest BCUT2D eigenvalue weighted by molar-refractivity contribution is 5.83. The van der Waals surface area contributed by atoms with E-state index in [0.29, 0.717) is 22.7 Å². The molecular weight excluding hydrogens is 346 g/mol. The molecule has 1 aliphatic carbocycles. The second-order valence-electron chi connectivity index (χ2n) is 7.61. The van der Waals surface area contributed by atoms with Gasteiger partial charge in [-0.25, -0.2) is 4.98 Å². The van der Waals surface area contributed by atoms with Crippen LogP contribution in [0.3, 0.4) is 0 Å². The number of aromatic nitrogens is 3. The predicted octanol–water partition coefficient (Wildman–Crippen LogP) is 2.65. The summed E-state index contributed by atoms with van der Waals surface area (Å²) in [5.74, 6) is 0.798. The van der Waals surface area contributed by atoms with Crippen LogP contribution in [0, 0.1) is 12.3 Å². The van der Waals surface area contributed by atoms with Crippen molar-refractivity contribution in [2.24, 2.45) is 5.41 Å². The van der Waals surface area contributed by atoms with Crippen LogP contribution in [-0.2, 0) is 4.79 Å². The van der Waals surface area contributed by atoms with Crippen LogP contribution >= 0.6 is 0 Å². The van der Waals surface area contributed by atoms with Gasteiger partial charge in [0, 0.05) is 18.8 Å². The van der Waals surface area contributed by atoms with E-state index in [2.05, 4.69) is 20.5 Å².